The Morgan fingerprint density at radius 3 is 2.46 bits per heavy atom. The number of rotatable bonds is 6. The molecular weight excluding hydrogens is 507 g/mol. The molecule has 0 aliphatic heterocycles. The zero-order valence-corrected chi connectivity index (χ0v) is 20.1. The number of carbonyl (C=O) groups excluding carboxylic acids is 1. The maximum Gasteiger partial charge on any atom is 0.418 e. The summed E-state index contributed by atoms with van der Waals surface area (Å²) in [7, 11) is 0. The molecule has 0 aliphatic rings. The van der Waals surface area contributed by atoms with Gasteiger partial charge < -0.3 is 4.74 Å². The van der Waals surface area contributed by atoms with E-state index in [0.29, 0.717) is 33.5 Å². The summed E-state index contributed by atoms with van der Waals surface area (Å²) in [6, 6.07) is 24.7. The lowest BCUT2D eigenvalue weighted by atomic mass is 9.91. The van der Waals surface area contributed by atoms with Gasteiger partial charge in [0, 0.05) is 28.3 Å². The largest absolute Gasteiger partial charge is 0.489 e. The second-order valence-electron chi connectivity index (χ2n) is 8.85. The van der Waals surface area contributed by atoms with Crippen molar-refractivity contribution >= 4 is 27.7 Å². The number of alkyl halides is 3. The number of aromatic nitrogens is 3. The lowest BCUT2D eigenvalue weighted by Crippen LogP contribution is -2.09. The van der Waals surface area contributed by atoms with Crippen LogP contribution in [0.25, 0.3) is 33.1 Å². The Hall–Kier alpha value is -5.05. The molecular formula is C30H18F3N3O3. The first-order valence-electron chi connectivity index (χ1n) is 11.9. The quantitative estimate of drug-likeness (QED) is 0.213. The van der Waals surface area contributed by atoms with Crippen molar-refractivity contribution in [3.8, 4) is 16.9 Å². The number of para-hydroxylation sites is 1. The summed E-state index contributed by atoms with van der Waals surface area (Å²) in [6.45, 7) is 0.206. The molecule has 6 aromatic rings. The molecule has 0 radical (unpaired) electrons. The van der Waals surface area contributed by atoms with Crippen molar-refractivity contribution in [2.75, 3.05) is 0 Å². The minimum absolute atomic E-state index is 0.189. The summed E-state index contributed by atoms with van der Waals surface area (Å²) in [6.07, 6.45) is -3.39. The summed E-state index contributed by atoms with van der Waals surface area (Å²) < 4.78 is 52.2. The molecule has 6 nitrogen and oxygen atoms in total. The average molecular weight is 525 g/mol. The SMILES string of the molecule is O=C(c1ccccc1)c1cnc2c(C(F)(F)F)cccc2c1-c1cccc(OCc2ccc3nonc3c2)c1. The number of pyridine rings is 1. The molecule has 4 aromatic carbocycles. The third kappa shape index (κ3) is 4.70. The average Bonchev–Trinajstić information content (AvgIpc) is 3.43. The molecule has 0 atom stereocenters. The molecule has 39 heavy (non-hydrogen) atoms. The number of hydrogen-bond donors (Lipinski definition) is 0. The van der Waals surface area contributed by atoms with Crippen molar-refractivity contribution in [3.63, 3.8) is 0 Å². The number of carbonyl (C=O) groups is 1. The van der Waals surface area contributed by atoms with Crippen LogP contribution in [0.4, 0.5) is 13.2 Å². The van der Waals surface area contributed by atoms with Crippen LogP contribution < -0.4 is 4.74 Å². The molecule has 0 aliphatic carbocycles. The van der Waals surface area contributed by atoms with Gasteiger partial charge in [-0.05, 0) is 51.8 Å². The molecule has 2 heterocycles. The van der Waals surface area contributed by atoms with Crippen LogP contribution in [0.3, 0.4) is 0 Å². The van der Waals surface area contributed by atoms with Crippen LogP contribution in [0.15, 0.2) is 102 Å². The standard InChI is InChI=1S/C30H18F3N3O3/c31-30(32,33)24-11-5-10-22-27(23(16-34-28(22)24)29(37)19-6-2-1-3-7-19)20-8-4-9-21(15-20)38-17-18-12-13-25-26(14-18)36-39-35-25/h1-16H,17H2. The molecule has 0 N–H and O–H groups in total. The lowest BCUT2D eigenvalue weighted by molar-refractivity contribution is -0.136. The monoisotopic (exact) mass is 525 g/mol. The molecule has 2 aromatic heterocycles. The van der Waals surface area contributed by atoms with Crippen molar-refractivity contribution in [1.82, 2.24) is 15.3 Å². The van der Waals surface area contributed by atoms with E-state index in [-0.39, 0.29) is 28.9 Å². The minimum Gasteiger partial charge on any atom is -0.489 e. The minimum atomic E-state index is -4.61. The highest BCUT2D eigenvalue weighted by Gasteiger charge is 2.34. The van der Waals surface area contributed by atoms with Gasteiger partial charge in [0.2, 0.25) is 0 Å². The highest BCUT2D eigenvalue weighted by atomic mass is 19.4. The molecule has 0 spiro atoms. The predicted octanol–water partition coefficient (Wildman–Crippen LogP) is 7.27. The fourth-order valence-electron chi connectivity index (χ4n) is 4.51. The Labute approximate surface area is 219 Å². The number of ketones is 1. The second-order valence-corrected chi connectivity index (χ2v) is 8.85. The Morgan fingerprint density at radius 2 is 1.64 bits per heavy atom. The van der Waals surface area contributed by atoms with Crippen molar-refractivity contribution in [1.29, 1.82) is 0 Å². The van der Waals surface area contributed by atoms with E-state index in [4.69, 9.17) is 9.37 Å². The summed E-state index contributed by atoms with van der Waals surface area (Å²) in [5, 5.41) is 7.83. The van der Waals surface area contributed by atoms with Gasteiger partial charge in [0.05, 0.1) is 11.1 Å². The summed E-state index contributed by atoms with van der Waals surface area (Å²) in [4.78, 5) is 17.6. The van der Waals surface area contributed by atoms with Crippen molar-refractivity contribution < 1.29 is 27.3 Å². The van der Waals surface area contributed by atoms with Crippen LogP contribution in [0.2, 0.25) is 0 Å². The van der Waals surface area contributed by atoms with Crippen LogP contribution in [0.5, 0.6) is 5.75 Å². The van der Waals surface area contributed by atoms with Crippen molar-refractivity contribution in [2.45, 2.75) is 12.8 Å². The van der Waals surface area contributed by atoms with Gasteiger partial charge in [0.1, 0.15) is 23.4 Å². The summed E-state index contributed by atoms with van der Waals surface area (Å²) in [5.74, 6) is 0.124. The topological polar surface area (TPSA) is 78.1 Å². The predicted molar refractivity (Wildman–Crippen MR) is 138 cm³/mol. The van der Waals surface area contributed by atoms with Gasteiger partial charge in [-0.1, -0.05) is 60.7 Å². The van der Waals surface area contributed by atoms with E-state index in [1.807, 2.05) is 6.07 Å². The number of fused-ring (bicyclic) bond motifs is 2. The van der Waals surface area contributed by atoms with E-state index in [2.05, 4.69) is 15.3 Å². The third-order valence-electron chi connectivity index (χ3n) is 6.33. The van der Waals surface area contributed by atoms with Gasteiger partial charge in [0.15, 0.2) is 5.78 Å². The zero-order chi connectivity index (χ0) is 27.0. The number of nitrogens with zero attached hydrogens (tertiary/aromatic N) is 3. The van der Waals surface area contributed by atoms with Crippen LogP contribution in [0.1, 0.15) is 27.0 Å². The fourth-order valence-corrected chi connectivity index (χ4v) is 4.51. The van der Waals surface area contributed by atoms with Crippen LogP contribution in [-0.4, -0.2) is 21.1 Å². The lowest BCUT2D eigenvalue weighted by Gasteiger charge is -2.16. The van der Waals surface area contributed by atoms with Crippen LogP contribution >= 0.6 is 0 Å². The van der Waals surface area contributed by atoms with Gasteiger partial charge in [-0.2, -0.15) is 13.2 Å². The normalized spacial score (nSPS) is 11.7. The van der Waals surface area contributed by atoms with Crippen molar-refractivity contribution in [2.24, 2.45) is 0 Å². The van der Waals surface area contributed by atoms with E-state index < -0.39 is 11.7 Å². The van der Waals surface area contributed by atoms with E-state index in [1.54, 1.807) is 72.8 Å². The Bertz CT molecular complexity index is 1830. The number of benzene rings is 4. The van der Waals surface area contributed by atoms with E-state index in [0.717, 1.165) is 11.6 Å². The second kappa shape index (κ2) is 9.68. The Balaban J connectivity index is 1.45. The number of hydrogen-bond acceptors (Lipinski definition) is 6. The molecule has 0 saturated heterocycles. The molecule has 192 valence electrons. The van der Waals surface area contributed by atoms with Gasteiger partial charge in [-0.3, -0.25) is 9.78 Å². The Kier molecular flexibility index (Phi) is 6.03. The van der Waals surface area contributed by atoms with Gasteiger partial charge in [-0.25, -0.2) is 4.63 Å². The molecule has 6 rings (SSSR count). The summed E-state index contributed by atoms with van der Waals surface area (Å²) in [5.41, 5.74) is 2.40. The number of ether oxygens (including phenoxy) is 1. The maximum atomic E-state index is 13.8. The van der Waals surface area contributed by atoms with Crippen LogP contribution in [-0.2, 0) is 12.8 Å². The highest BCUT2D eigenvalue weighted by molar-refractivity contribution is 6.16. The van der Waals surface area contributed by atoms with Crippen molar-refractivity contribution in [3.05, 3.63) is 119 Å². The van der Waals surface area contributed by atoms with Crippen LogP contribution in [0, 0.1) is 0 Å². The summed E-state index contributed by atoms with van der Waals surface area (Å²) >= 11 is 0. The van der Waals surface area contributed by atoms with Gasteiger partial charge >= 0.3 is 6.18 Å². The molecule has 0 saturated carbocycles. The van der Waals surface area contributed by atoms with Gasteiger partial charge in [0.25, 0.3) is 0 Å². The smallest absolute Gasteiger partial charge is 0.418 e. The van der Waals surface area contributed by atoms with E-state index >= 15 is 0 Å². The van der Waals surface area contributed by atoms with E-state index in [1.165, 1.54) is 12.3 Å². The molecule has 0 unspecified atom stereocenters. The molecule has 0 bridgehead atoms. The molecule has 9 heteroatoms. The fraction of sp³-hybridized carbons (Fsp3) is 0.0667. The third-order valence-corrected chi connectivity index (χ3v) is 6.33. The first kappa shape index (κ1) is 24.3. The van der Waals surface area contributed by atoms with E-state index in [9.17, 15) is 18.0 Å². The highest BCUT2D eigenvalue weighted by Crippen LogP contribution is 2.39. The van der Waals surface area contributed by atoms with Gasteiger partial charge in [-0.15, -0.1) is 0 Å². The molecule has 0 fully saturated rings. The first-order chi connectivity index (χ1) is 18.9. The Morgan fingerprint density at radius 1 is 0.846 bits per heavy atom. The maximum absolute atomic E-state index is 13.8. The zero-order valence-electron chi connectivity index (χ0n) is 20.1. The number of halogens is 3. The molecule has 0 amide bonds. The first-order valence-corrected chi connectivity index (χ1v) is 11.9.